The number of carbonyl (C=O) groups excluding carboxylic acids is 1. The molecule has 2 heterocycles. The highest BCUT2D eigenvalue weighted by atomic mass is 16.5. The number of rotatable bonds is 5. The van der Waals surface area contributed by atoms with Gasteiger partial charge in [-0.3, -0.25) is 9.89 Å². The topological polar surface area (TPSA) is 95.5 Å². The maximum Gasteiger partial charge on any atom is 0.335 e. The molecule has 7 nitrogen and oxygen atoms in total. The molecule has 1 amide bonds. The van der Waals surface area contributed by atoms with E-state index in [1.165, 1.54) is 6.20 Å². The van der Waals surface area contributed by atoms with E-state index in [0.29, 0.717) is 35.7 Å². The zero-order valence-electron chi connectivity index (χ0n) is 16.0. The van der Waals surface area contributed by atoms with Crippen molar-refractivity contribution < 1.29 is 19.4 Å². The molecule has 4 rings (SSSR count). The maximum atomic E-state index is 13.2. The van der Waals surface area contributed by atoms with Crippen molar-refractivity contribution in [1.29, 1.82) is 0 Å². The summed E-state index contributed by atoms with van der Waals surface area (Å²) in [6.45, 7) is 1.05. The number of hydrogen-bond acceptors (Lipinski definition) is 4. The van der Waals surface area contributed by atoms with Crippen molar-refractivity contribution in [2.45, 2.75) is 12.3 Å². The number of likely N-dealkylation sites (tertiary alicyclic amines) is 1. The molecule has 1 fully saturated rings. The lowest BCUT2D eigenvalue weighted by Gasteiger charge is -2.17. The second-order valence-electron chi connectivity index (χ2n) is 7.02. The first kappa shape index (κ1) is 18.7. The van der Waals surface area contributed by atoms with E-state index in [1.54, 1.807) is 24.1 Å². The minimum Gasteiger partial charge on any atom is -0.497 e. The van der Waals surface area contributed by atoms with Gasteiger partial charge in [-0.25, -0.2) is 4.79 Å². The first-order valence-electron chi connectivity index (χ1n) is 9.37. The van der Waals surface area contributed by atoms with Crippen LogP contribution in [-0.4, -0.2) is 52.3 Å². The molecular formula is C22H21N3O4. The summed E-state index contributed by atoms with van der Waals surface area (Å²) in [6.07, 6.45) is 2.26. The van der Waals surface area contributed by atoms with Crippen molar-refractivity contribution >= 4 is 11.9 Å². The Labute approximate surface area is 167 Å². The van der Waals surface area contributed by atoms with Crippen molar-refractivity contribution in [3.05, 3.63) is 71.4 Å². The van der Waals surface area contributed by atoms with Gasteiger partial charge in [-0.15, -0.1) is 0 Å². The number of carbonyl (C=O) groups is 2. The van der Waals surface area contributed by atoms with E-state index >= 15 is 0 Å². The normalized spacial score (nSPS) is 16.0. The molecule has 0 saturated carbocycles. The van der Waals surface area contributed by atoms with E-state index in [9.17, 15) is 14.7 Å². The summed E-state index contributed by atoms with van der Waals surface area (Å²) >= 11 is 0. The number of aromatic amines is 1. The number of aromatic carboxylic acids is 1. The van der Waals surface area contributed by atoms with Gasteiger partial charge in [0.15, 0.2) is 0 Å². The average molecular weight is 391 g/mol. The predicted molar refractivity (Wildman–Crippen MR) is 107 cm³/mol. The molecule has 2 N–H and O–H groups in total. The Bertz CT molecular complexity index is 1060. The molecule has 0 aliphatic carbocycles. The first-order chi connectivity index (χ1) is 14.1. The van der Waals surface area contributed by atoms with Gasteiger partial charge in [0.1, 0.15) is 5.75 Å². The lowest BCUT2D eigenvalue weighted by Crippen LogP contribution is -2.28. The van der Waals surface area contributed by atoms with E-state index in [4.69, 9.17) is 4.74 Å². The number of benzene rings is 2. The Morgan fingerprint density at radius 3 is 2.79 bits per heavy atom. The van der Waals surface area contributed by atoms with E-state index < -0.39 is 5.97 Å². The highest BCUT2D eigenvalue weighted by molar-refractivity contribution is 6.00. The number of ether oxygens (including phenoxy) is 1. The summed E-state index contributed by atoms with van der Waals surface area (Å²) in [7, 11) is 1.59. The van der Waals surface area contributed by atoms with Crippen LogP contribution in [0.15, 0.2) is 54.7 Å². The van der Waals surface area contributed by atoms with Crippen molar-refractivity contribution in [3.8, 4) is 17.0 Å². The van der Waals surface area contributed by atoms with Crippen LogP contribution in [0.1, 0.15) is 38.6 Å². The standard InChI is InChI=1S/C22H21N3O4/c1-29-16-6-4-5-14(11-16)20-19(12-23-24-20)21(26)25-10-9-15(13-25)17-7-2-3-8-18(17)22(27)28/h2-8,11-12,15H,9-10,13H2,1H3,(H,23,24)(H,27,28). The molecule has 0 spiro atoms. The van der Waals surface area contributed by atoms with Crippen molar-refractivity contribution in [1.82, 2.24) is 15.1 Å². The summed E-state index contributed by atoms with van der Waals surface area (Å²) in [4.78, 5) is 26.5. The Kier molecular flexibility index (Phi) is 5.03. The molecule has 1 aliphatic rings. The molecule has 0 bridgehead atoms. The number of hydrogen-bond donors (Lipinski definition) is 2. The molecule has 1 saturated heterocycles. The Morgan fingerprint density at radius 2 is 2.00 bits per heavy atom. The second-order valence-corrected chi connectivity index (χ2v) is 7.02. The third-order valence-electron chi connectivity index (χ3n) is 5.33. The predicted octanol–water partition coefficient (Wildman–Crippen LogP) is 3.41. The van der Waals surface area contributed by atoms with Crippen molar-refractivity contribution in [2.24, 2.45) is 0 Å². The fourth-order valence-corrected chi connectivity index (χ4v) is 3.86. The molecule has 1 unspecified atom stereocenters. The highest BCUT2D eigenvalue weighted by Gasteiger charge is 2.31. The Balaban J connectivity index is 1.57. The van der Waals surface area contributed by atoms with Crippen molar-refractivity contribution in [3.63, 3.8) is 0 Å². The largest absolute Gasteiger partial charge is 0.497 e. The van der Waals surface area contributed by atoms with Gasteiger partial charge in [0, 0.05) is 24.6 Å². The number of H-pyrrole nitrogens is 1. The first-order valence-corrected chi connectivity index (χ1v) is 9.37. The lowest BCUT2D eigenvalue weighted by molar-refractivity contribution is 0.0695. The van der Waals surface area contributed by atoms with Gasteiger partial charge in [0.05, 0.1) is 30.1 Å². The van der Waals surface area contributed by atoms with Crippen LogP contribution >= 0.6 is 0 Å². The zero-order valence-corrected chi connectivity index (χ0v) is 16.0. The minimum atomic E-state index is -0.944. The van der Waals surface area contributed by atoms with Crippen LogP contribution in [0.3, 0.4) is 0 Å². The molecule has 0 radical (unpaired) electrons. The second kappa shape index (κ2) is 7.79. The monoisotopic (exact) mass is 391 g/mol. The number of nitrogens with zero attached hydrogens (tertiary/aromatic N) is 2. The zero-order chi connectivity index (χ0) is 20.4. The lowest BCUT2D eigenvalue weighted by atomic mass is 9.93. The van der Waals surface area contributed by atoms with Gasteiger partial charge in [-0.05, 0) is 30.2 Å². The molecule has 3 aromatic rings. The van der Waals surface area contributed by atoms with Gasteiger partial charge in [-0.1, -0.05) is 30.3 Å². The molecule has 2 aromatic carbocycles. The van der Waals surface area contributed by atoms with Crippen LogP contribution in [0.4, 0.5) is 0 Å². The summed E-state index contributed by atoms with van der Waals surface area (Å²) in [5, 5.41) is 16.4. The number of methoxy groups -OCH3 is 1. The third-order valence-corrected chi connectivity index (χ3v) is 5.33. The Hall–Kier alpha value is -3.61. The van der Waals surface area contributed by atoms with Gasteiger partial charge >= 0.3 is 5.97 Å². The SMILES string of the molecule is COc1cccc(-c2[nH]ncc2C(=O)N2CCC(c3ccccc3C(=O)O)C2)c1. The molecule has 1 aliphatic heterocycles. The van der Waals surface area contributed by atoms with Crippen LogP contribution < -0.4 is 4.74 Å². The fraction of sp³-hybridized carbons (Fsp3) is 0.227. The van der Waals surface area contributed by atoms with Gasteiger partial charge in [0.25, 0.3) is 5.91 Å². The molecule has 29 heavy (non-hydrogen) atoms. The van der Waals surface area contributed by atoms with Crippen LogP contribution in [0, 0.1) is 0 Å². The van der Waals surface area contributed by atoms with Gasteiger partial charge < -0.3 is 14.7 Å². The van der Waals surface area contributed by atoms with Gasteiger partial charge in [0.2, 0.25) is 0 Å². The number of carboxylic acids is 1. The van der Waals surface area contributed by atoms with E-state index in [-0.39, 0.29) is 11.8 Å². The summed E-state index contributed by atoms with van der Waals surface area (Å²) in [6, 6.07) is 14.4. The molecular weight excluding hydrogens is 370 g/mol. The number of nitrogens with one attached hydrogen (secondary N) is 1. The quantitative estimate of drug-likeness (QED) is 0.695. The smallest absolute Gasteiger partial charge is 0.335 e. The summed E-state index contributed by atoms with van der Waals surface area (Å²) in [5.74, 6) is -0.368. The summed E-state index contributed by atoms with van der Waals surface area (Å²) in [5.41, 5.74) is 3.02. The minimum absolute atomic E-state index is 0.00146. The summed E-state index contributed by atoms with van der Waals surface area (Å²) < 4.78 is 5.27. The molecule has 1 atom stereocenters. The van der Waals surface area contributed by atoms with Crippen LogP contribution in [0.5, 0.6) is 5.75 Å². The molecule has 7 heteroatoms. The molecule has 1 aromatic heterocycles. The van der Waals surface area contributed by atoms with Crippen molar-refractivity contribution in [2.75, 3.05) is 20.2 Å². The average Bonchev–Trinajstić information content (AvgIpc) is 3.43. The van der Waals surface area contributed by atoms with Crippen LogP contribution in [0.2, 0.25) is 0 Å². The van der Waals surface area contributed by atoms with Gasteiger partial charge in [-0.2, -0.15) is 5.10 Å². The van der Waals surface area contributed by atoms with Crippen LogP contribution in [-0.2, 0) is 0 Å². The fourth-order valence-electron chi connectivity index (χ4n) is 3.86. The Morgan fingerprint density at radius 1 is 1.17 bits per heavy atom. The number of amides is 1. The van der Waals surface area contributed by atoms with E-state index in [1.807, 2.05) is 36.4 Å². The van der Waals surface area contributed by atoms with E-state index in [0.717, 1.165) is 17.5 Å². The van der Waals surface area contributed by atoms with E-state index in [2.05, 4.69) is 10.2 Å². The molecule has 148 valence electrons. The number of carboxylic acid groups (broad SMARTS) is 1. The number of aromatic nitrogens is 2. The maximum absolute atomic E-state index is 13.2. The third kappa shape index (κ3) is 3.59. The van der Waals surface area contributed by atoms with Crippen LogP contribution in [0.25, 0.3) is 11.3 Å². The highest BCUT2D eigenvalue weighted by Crippen LogP contribution is 2.32.